The number of ether oxygens (including phenoxy) is 2. The van der Waals surface area contributed by atoms with Gasteiger partial charge in [-0.2, -0.15) is 0 Å². The normalized spacial score (nSPS) is 19.0. The number of carbonyl (C=O) groups excluding carboxylic acids is 2. The van der Waals surface area contributed by atoms with E-state index in [-0.39, 0.29) is 24.6 Å². The summed E-state index contributed by atoms with van der Waals surface area (Å²) in [5, 5.41) is 1.26. The molecule has 0 N–H and O–H groups in total. The van der Waals surface area contributed by atoms with Gasteiger partial charge in [-0.1, -0.05) is 18.2 Å². The molecule has 0 aromatic heterocycles. The van der Waals surface area contributed by atoms with Crippen molar-refractivity contribution in [3.8, 4) is 0 Å². The zero-order valence-electron chi connectivity index (χ0n) is 16.6. The number of esters is 1. The summed E-state index contributed by atoms with van der Waals surface area (Å²) >= 11 is 0. The number of hydrogen-bond acceptors (Lipinski definition) is 5. The van der Waals surface area contributed by atoms with Crippen molar-refractivity contribution in [1.82, 2.24) is 5.06 Å². The lowest BCUT2D eigenvalue weighted by Gasteiger charge is -2.31. The van der Waals surface area contributed by atoms with Crippen molar-refractivity contribution >= 4 is 17.4 Å². The molecule has 2 aliphatic rings. The first kappa shape index (κ1) is 19.6. The lowest BCUT2D eigenvalue weighted by atomic mass is 9.93. The second kappa shape index (κ2) is 7.44. The fourth-order valence-electron chi connectivity index (χ4n) is 3.35. The Kier molecular flexibility index (Phi) is 5.40. The van der Waals surface area contributed by atoms with E-state index in [0.29, 0.717) is 17.9 Å². The van der Waals surface area contributed by atoms with Gasteiger partial charge in [-0.05, 0) is 64.2 Å². The molecule has 1 aromatic rings. The molecule has 0 bridgehead atoms. The van der Waals surface area contributed by atoms with Crippen molar-refractivity contribution < 1.29 is 23.9 Å². The van der Waals surface area contributed by atoms with E-state index < -0.39 is 5.54 Å². The van der Waals surface area contributed by atoms with Gasteiger partial charge in [0.15, 0.2) is 6.79 Å². The van der Waals surface area contributed by atoms with Crippen LogP contribution in [-0.2, 0) is 23.9 Å². The summed E-state index contributed by atoms with van der Waals surface area (Å²) < 4.78 is 11.0. The number of nitrogens with zero attached hydrogens (tertiary/aromatic N) is 1. The number of aryl methyl sites for hydroxylation is 2. The molecule has 0 unspecified atom stereocenters. The van der Waals surface area contributed by atoms with Crippen LogP contribution in [0.5, 0.6) is 0 Å². The average molecular weight is 373 g/mol. The molecule has 0 atom stereocenters. The van der Waals surface area contributed by atoms with E-state index in [1.807, 2.05) is 52.8 Å². The van der Waals surface area contributed by atoms with E-state index >= 15 is 0 Å². The second-order valence-corrected chi connectivity index (χ2v) is 7.56. The molecule has 3 rings (SSSR count). The molecule has 0 saturated heterocycles. The summed E-state index contributed by atoms with van der Waals surface area (Å²) in [4.78, 5) is 31.3. The Balaban J connectivity index is 2.06. The molecule has 1 saturated carbocycles. The summed E-state index contributed by atoms with van der Waals surface area (Å²) in [7, 11) is 0. The van der Waals surface area contributed by atoms with Crippen molar-refractivity contribution in [2.24, 2.45) is 5.92 Å². The van der Waals surface area contributed by atoms with E-state index in [0.717, 1.165) is 29.5 Å². The van der Waals surface area contributed by atoms with Gasteiger partial charge in [-0.3, -0.25) is 9.59 Å². The molecule has 146 valence electrons. The summed E-state index contributed by atoms with van der Waals surface area (Å²) in [6, 6.07) is 5.83. The molecule has 0 spiro atoms. The van der Waals surface area contributed by atoms with Crippen molar-refractivity contribution in [3.63, 3.8) is 0 Å². The Morgan fingerprint density at radius 2 is 1.85 bits per heavy atom. The molecule has 1 fully saturated rings. The van der Waals surface area contributed by atoms with E-state index in [1.165, 1.54) is 5.06 Å². The predicted molar refractivity (Wildman–Crippen MR) is 100 cm³/mol. The zero-order chi connectivity index (χ0) is 19.8. The highest BCUT2D eigenvalue weighted by Crippen LogP contribution is 2.44. The Morgan fingerprint density at radius 3 is 2.41 bits per heavy atom. The molecular weight excluding hydrogens is 346 g/mol. The van der Waals surface area contributed by atoms with Gasteiger partial charge >= 0.3 is 5.97 Å². The fourth-order valence-corrected chi connectivity index (χ4v) is 3.35. The molecule has 6 nitrogen and oxygen atoms in total. The van der Waals surface area contributed by atoms with Crippen LogP contribution in [0.2, 0.25) is 0 Å². The standard InChI is InChI=1S/C21H27NO5/c1-6-25-12-26-22-19(23)17(16-13(2)8-7-9-14(16)3)18(21(22,4)5)27-20(24)15-10-11-15/h7-9,15H,6,10-12H2,1-5H3. The van der Waals surface area contributed by atoms with Crippen LogP contribution >= 0.6 is 0 Å². The van der Waals surface area contributed by atoms with Crippen LogP contribution in [-0.4, -0.2) is 35.9 Å². The maximum absolute atomic E-state index is 13.3. The number of rotatable bonds is 7. The Morgan fingerprint density at radius 1 is 1.22 bits per heavy atom. The molecule has 1 aliphatic heterocycles. The molecule has 1 heterocycles. The third-order valence-electron chi connectivity index (χ3n) is 5.00. The molecule has 0 radical (unpaired) electrons. The molecule has 1 amide bonds. The highest BCUT2D eigenvalue weighted by molar-refractivity contribution is 6.23. The van der Waals surface area contributed by atoms with Crippen LogP contribution in [0.15, 0.2) is 24.0 Å². The number of benzene rings is 1. The number of amides is 1. The zero-order valence-corrected chi connectivity index (χ0v) is 16.6. The topological polar surface area (TPSA) is 65.1 Å². The SMILES string of the molecule is CCOCON1C(=O)C(c2c(C)cccc2C)=C(OC(=O)C2CC2)C1(C)C. The van der Waals surface area contributed by atoms with Crippen LogP contribution in [0.25, 0.3) is 5.57 Å². The summed E-state index contributed by atoms with van der Waals surface area (Å²) in [5.74, 6) is -0.323. The second-order valence-electron chi connectivity index (χ2n) is 7.56. The van der Waals surface area contributed by atoms with Crippen molar-refractivity contribution in [3.05, 3.63) is 40.6 Å². The third kappa shape index (κ3) is 3.64. The molecular formula is C21H27NO5. The van der Waals surface area contributed by atoms with Gasteiger partial charge in [0.05, 0.1) is 11.5 Å². The summed E-state index contributed by atoms with van der Waals surface area (Å²) in [5.41, 5.74) is 2.14. The molecule has 27 heavy (non-hydrogen) atoms. The minimum atomic E-state index is -0.928. The van der Waals surface area contributed by atoms with Crippen molar-refractivity contribution in [2.45, 2.75) is 53.0 Å². The van der Waals surface area contributed by atoms with Crippen LogP contribution in [0.1, 0.15) is 50.3 Å². The maximum atomic E-state index is 13.3. The van der Waals surface area contributed by atoms with E-state index in [2.05, 4.69) is 0 Å². The molecule has 1 aliphatic carbocycles. The van der Waals surface area contributed by atoms with E-state index in [9.17, 15) is 9.59 Å². The van der Waals surface area contributed by atoms with Gasteiger partial charge in [0.25, 0.3) is 5.91 Å². The maximum Gasteiger partial charge on any atom is 0.314 e. The molecule has 1 aromatic carbocycles. The summed E-state index contributed by atoms with van der Waals surface area (Å²) in [6.45, 7) is 9.79. The Bertz CT molecular complexity index is 772. The van der Waals surface area contributed by atoms with Crippen LogP contribution in [0.3, 0.4) is 0 Å². The van der Waals surface area contributed by atoms with Crippen molar-refractivity contribution in [2.75, 3.05) is 13.4 Å². The first-order valence-corrected chi connectivity index (χ1v) is 9.37. The first-order valence-electron chi connectivity index (χ1n) is 9.37. The largest absolute Gasteiger partial charge is 0.427 e. The smallest absolute Gasteiger partial charge is 0.314 e. The monoisotopic (exact) mass is 373 g/mol. The van der Waals surface area contributed by atoms with Crippen LogP contribution < -0.4 is 0 Å². The highest BCUT2D eigenvalue weighted by Gasteiger charge is 2.51. The Hall–Kier alpha value is -2.18. The van der Waals surface area contributed by atoms with E-state index in [1.54, 1.807) is 0 Å². The predicted octanol–water partition coefficient (Wildman–Crippen LogP) is 3.51. The molecule has 6 heteroatoms. The third-order valence-corrected chi connectivity index (χ3v) is 5.00. The minimum absolute atomic E-state index is 0.0461. The van der Waals surface area contributed by atoms with Gasteiger partial charge in [0.2, 0.25) is 0 Å². The number of hydrogen-bond donors (Lipinski definition) is 0. The Labute approximate surface area is 160 Å². The van der Waals surface area contributed by atoms with Crippen LogP contribution in [0, 0.1) is 19.8 Å². The van der Waals surface area contributed by atoms with Crippen molar-refractivity contribution in [1.29, 1.82) is 0 Å². The van der Waals surface area contributed by atoms with Gasteiger partial charge in [0.1, 0.15) is 11.3 Å². The first-order chi connectivity index (χ1) is 12.8. The van der Waals surface area contributed by atoms with E-state index in [4.69, 9.17) is 14.3 Å². The summed E-state index contributed by atoms with van der Waals surface area (Å²) in [6.07, 6.45) is 1.67. The van der Waals surface area contributed by atoms with Crippen LogP contribution in [0.4, 0.5) is 0 Å². The number of carbonyl (C=O) groups is 2. The lowest BCUT2D eigenvalue weighted by molar-refractivity contribution is -0.243. The van der Waals surface area contributed by atoms with Gasteiger partial charge in [0, 0.05) is 6.61 Å². The number of hydroxylamine groups is 2. The lowest BCUT2D eigenvalue weighted by Crippen LogP contribution is -2.44. The van der Waals surface area contributed by atoms with Gasteiger partial charge in [-0.15, -0.1) is 0 Å². The van der Waals surface area contributed by atoms with Gasteiger partial charge in [-0.25, -0.2) is 9.90 Å². The fraction of sp³-hybridized carbons (Fsp3) is 0.524. The quantitative estimate of drug-likeness (QED) is 0.416. The highest BCUT2D eigenvalue weighted by atomic mass is 16.8. The average Bonchev–Trinajstić information content (AvgIpc) is 3.42. The minimum Gasteiger partial charge on any atom is -0.427 e. The van der Waals surface area contributed by atoms with Gasteiger partial charge < -0.3 is 9.47 Å².